The quantitative estimate of drug-likeness (QED) is 0.571. The third kappa shape index (κ3) is 4.40. The van der Waals surface area contributed by atoms with Crippen LogP contribution < -0.4 is 16.2 Å². The molecule has 0 unspecified atom stereocenters. The van der Waals surface area contributed by atoms with Crippen molar-refractivity contribution >= 4 is 23.5 Å². The number of hydrogen-bond donors (Lipinski definition) is 3. The van der Waals surface area contributed by atoms with Crippen LogP contribution in [0.5, 0.6) is 0 Å². The summed E-state index contributed by atoms with van der Waals surface area (Å²) in [7, 11) is 1.25. The minimum Gasteiger partial charge on any atom is -0.468 e. The van der Waals surface area contributed by atoms with E-state index >= 15 is 0 Å². The smallest absolute Gasteiger partial charge is 0.339 e. The Morgan fingerprint density at radius 2 is 2.09 bits per heavy atom. The van der Waals surface area contributed by atoms with Crippen LogP contribution in [-0.4, -0.2) is 28.9 Å². The highest BCUT2D eigenvalue weighted by molar-refractivity contribution is 5.88. The molecule has 2 aromatic rings. The molecule has 3 N–H and O–H groups in total. The predicted octanol–water partition coefficient (Wildman–Crippen LogP) is 1.48. The Labute approximate surface area is 129 Å². The minimum atomic E-state index is -1.12. The second kappa shape index (κ2) is 7.20. The Morgan fingerprint density at radius 1 is 1.30 bits per heavy atom. The van der Waals surface area contributed by atoms with Gasteiger partial charge in [0.05, 0.1) is 12.8 Å². The molecule has 0 aliphatic carbocycles. The van der Waals surface area contributed by atoms with Crippen LogP contribution in [0.4, 0.5) is 25.1 Å². The van der Waals surface area contributed by atoms with Gasteiger partial charge < -0.3 is 4.74 Å². The van der Waals surface area contributed by atoms with E-state index in [2.05, 4.69) is 26.0 Å². The van der Waals surface area contributed by atoms with E-state index in [9.17, 15) is 18.4 Å². The van der Waals surface area contributed by atoms with Gasteiger partial charge in [-0.15, -0.1) is 0 Å². The van der Waals surface area contributed by atoms with Crippen molar-refractivity contribution < 1.29 is 23.1 Å². The molecule has 1 heterocycles. The summed E-state index contributed by atoms with van der Waals surface area (Å²) in [5, 5.41) is 6.25. The summed E-state index contributed by atoms with van der Waals surface area (Å²) in [6, 6.07) is 4.19. The Kier molecular flexibility index (Phi) is 5.07. The molecule has 1 aromatic carbocycles. The third-order valence-electron chi connectivity index (χ3n) is 2.66. The summed E-state index contributed by atoms with van der Waals surface area (Å²) in [6.45, 7) is -0.105. The second-order valence-electron chi connectivity index (χ2n) is 4.28. The average molecular weight is 325 g/mol. The van der Waals surface area contributed by atoms with Gasteiger partial charge in [0.2, 0.25) is 0 Å². The number of methoxy groups -OCH3 is 1. The number of hydrogen-bond acceptors (Lipinski definition) is 5. The van der Waals surface area contributed by atoms with Gasteiger partial charge in [0, 0.05) is 12.3 Å². The average Bonchev–Trinajstić information content (AvgIpc) is 2.95. The molecule has 23 heavy (non-hydrogen) atoms. The van der Waals surface area contributed by atoms with Gasteiger partial charge in [-0.1, -0.05) is 6.07 Å². The zero-order chi connectivity index (χ0) is 16.8. The first kappa shape index (κ1) is 16.2. The van der Waals surface area contributed by atoms with Gasteiger partial charge in [0.25, 0.3) is 0 Å². The van der Waals surface area contributed by atoms with Crippen LogP contribution in [0.3, 0.4) is 0 Å². The van der Waals surface area contributed by atoms with Gasteiger partial charge in [-0.05, 0) is 12.1 Å². The van der Waals surface area contributed by atoms with E-state index in [-0.39, 0.29) is 18.1 Å². The lowest BCUT2D eigenvalue weighted by Crippen LogP contribution is -2.34. The van der Waals surface area contributed by atoms with Gasteiger partial charge in [0.15, 0.2) is 17.5 Å². The number of anilines is 2. The molecule has 0 atom stereocenters. The molecule has 1 aromatic heterocycles. The SMILES string of the molecule is COC(=O)Cn1ccc(NC(=O)NNc2cccc(F)c2F)n1. The van der Waals surface area contributed by atoms with Crippen molar-refractivity contribution in [1.29, 1.82) is 0 Å². The molecule has 0 aliphatic rings. The van der Waals surface area contributed by atoms with E-state index in [4.69, 9.17) is 0 Å². The van der Waals surface area contributed by atoms with Crippen molar-refractivity contribution in [2.24, 2.45) is 0 Å². The highest BCUT2D eigenvalue weighted by Crippen LogP contribution is 2.15. The number of rotatable bonds is 5. The number of nitrogens with zero attached hydrogens (tertiary/aromatic N) is 2. The fourth-order valence-electron chi connectivity index (χ4n) is 1.59. The highest BCUT2D eigenvalue weighted by Gasteiger charge is 2.10. The first-order valence-electron chi connectivity index (χ1n) is 6.37. The minimum absolute atomic E-state index is 0.105. The fourth-order valence-corrected chi connectivity index (χ4v) is 1.59. The molecule has 0 spiro atoms. The molecule has 122 valence electrons. The number of urea groups is 1. The Morgan fingerprint density at radius 3 is 2.83 bits per heavy atom. The van der Waals surface area contributed by atoms with Gasteiger partial charge >= 0.3 is 12.0 Å². The summed E-state index contributed by atoms with van der Waals surface area (Å²) >= 11 is 0. The van der Waals surface area contributed by atoms with Crippen LogP contribution in [0.25, 0.3) is 0 Å². The number of hydrazine groups is 1. The molecule has 0 saturated heterocycles. The van der Waals surface area contributed by atoms with Crippen molar-refractivity contribution in [3.05, 3.63) is 42.1 Å². The second-order valence-corrected chi connectivity index (χ2v) is 4.28. The topological polar surface area (TPSA) is 97.3 Å². The zero-order valence-electron chi connectivity index (χ0n) is 12.0. The summed E-state index contributed by atoms with van der Waals surface area (Å²) in [4.78, 5) is 22.7. The monoisotopic (exact) mass is 325 g/mol. The Hall–Kier alpha value is -3.17. The van der Waals surface area contributed by atoms with Crippen LogP contribution in [0.15, 0.2) is 30.5 Å². The maximum atomic E-state index is 13.4. The lowest BCUT2D eigenvalue weighted by Gasteiger charge is -2.09. The number of benzene rings is 1. The van der Waals surface area contributed by atoms with E-state index in [1.165, 1.54) is 36.2 Å². The van der Waals surface area contributed by atoms with Crippen LogP contribution in [0.1, 0.15) is 0 Å². The van der Waals surface area contributed by atoms with E-state index in [0.29, 0.717) is 0 Å². The van der Waals surface area contributed by atoms with E-state index in [0.717, 1.165) is 6.07 Å². The number of carbonyl (C=O) groups is 2. The van der Waals surface area contributed by atoms with Gasteiger partial charge in [-0.25, -0.2) is 13.6 Å². The van der Waals surface area contributed by atoms with E-state index < -0.39 is 23.6 Å². The van der Waals surface area contributed by atoms with Crippen LogP contribution in [0, 0.1) is 11.6 Å². The Balaban J connectivity index is 1.87. The number of nitrogens with one attached hydrogen (secondary N) is 3. The molecule has 8 nitrogen and oxygen atoms in total. The largest absolute Gasteiger partial charge is 0.468 e. The number of ether oxygens (including phenoxy) is 1. The molecule has 2 rings (SSSR count). The first-order valence-corrected chi connectivity index (χ1v) is 6.37. The summed E-state index contributed by atoms with van der Waals surface area (Å²) in [5.41, 5.74) is 4.14. The number of amides is 2. The number of aromatic nitrogens is 2. The summed E-state index contributed by atoms with van der Waals surface area (Å²) in [6.07, 6.45) is 1.46. The fraction of sp³-hybridized carbons (Fsp3) is 0.154. The lowest BCUT2D eigenvalue weighted by molar-refractivity contribution is -0.141. The van der Waals surface area contributed by atoms with Crippen molar-refractivity contribution in [2.45, 2.75) is 6.54 Å². The Bertz CT molecular complexity index is 719. The molecule has 2 amide bonds. The molecule has 0 saturated carbocycles. The van der Waals surface area contributed by atoms with E-state index in [1.807, 2.05) is 0 Å². The molecule has 0 bridgehead atoms. The number of esters is 1. The number of halogens is 2. The van der Waals surface area contributed by atoms with Gasteiger partial charge in [-0.2, -0.15) is 5.10 Å². The molecule has 0 radical (unpaired) electrons. The molecule has 0 aliphatic heterocycles. The lowest BCUT2D eigenvalue weighted by atomic mass is 10.3. The zero-order valence-corrected chi connectivity index (χ0v) is 12.0. The molecule has 10 heteroatoms. The van der Waals surface area contributed by atoms with Crippen LogP contribution >= 0.6 is 0 Å². The summed E-state index contributed by atoms with van der Waals surface area (Å²) < 4.78 is 32.1. The van der Waals surface area contributed by atoms with Crippen molar-refractivity contribution in [3.8, 4) is 0 Å². The van der Waals surface area contributed by atoms with Crippen LogP contribution in [-0.2, 0) is 16.1 Å². The van der Waals surface area contributed by atoms with Crippen molar-refractivity contribution in [3.63, 3.8) is 0 Å². The van der Waals surface area contributed by atoms with Crippen LogP contribution in [0.2, 0.25) is 0 Å². The molecular formula is C13H13F2N5O3. The van der Waals surface area contributed by atoms with E-state index in [1.54, 1.807) is 0 Å². The highest BCUT2D eigenvalue weighted by atomic mass is 19.2. The number of carbonyl (C=O) groups excluding carboxylic acids is 2. The maximum Gasteiger partial charge on any atom is 0.339 e. The van der Waals surface area contributed by atoms with Gasteiger partial charge in [-0.3, -0.25) is 25.6 Å². The van der Waals surface area contributed by atoms with Gasteiger partial charge in [0.1, 0.15) is 6.54 Å². The standard InChI is InChI=1S/C13H13F2N5O3/c1-23-11(21)7-20-6-5-10(19-20)16-13(22)18-17-9-4-2-3-8(14)12(9)15/h2-6,17H,7H2,1H3,(H2,16,18,19,22). The van der Waals surface area contributed by atoms with Crippen molar-refractivity contribution in [1.82, 2.24) is 15.2 Å². The summed E-state index contributed by atoms with van der Waals surface area (Å²) in [5.74, 6) is -2.49. The molecular weight excluding hydrogens is 312 g/mol. The molecule has 0 fully saturated rings. The predicted molar refractivity (Wildman–Crippen MR) is 76.4 cm³/mol. The normalized spacial score (nSPS) is 10.0. The first-order chi connectivity index (χ1) is 11.0. The third-order valence-corrected chi connectivity index (χ3v) is 2.66. The maximum absolute atomic E-state index is 13.4. The van der Waals surface area contributed by atoms with Crippen molar-refractivity contribution in [2.75, 3.05) is 17.9 Å².